The number of aldehydes is 1. The molecule has 0 aliphatic heterocycles. The summed E-state index contributed by atoms with van der Waals surface area (Å²) in [7, 11) is 1.58. The van der Waals surface area contributed by atoms with Crippen molar-refractivity contribution in [1.82, 2.24) is 9.88 Å². The average Bonchev–Trinajstić information content (AvgIpc) is 2.71. The van der Waals surface area contributed by atoms with Crippen LogP contribution >= 0.6 is 0 Å². The van der Waals surface area contributed by atoms with Crippen LogP contribution in [0.4, 0.5) is 5.69 Å². The van der Waals surface area contributed by atoms with Gasteiger partial charge in [0.15, 0.2) is 0 Å². The van der Waals surface area contributed by atoms with Crippen molar-refractivity contribution in [2.75, 3.05) is 19.0 Å². The lowest BCUT2D eigenvalue weighted by atomic mass is 10.1. The van der Waals surface area contributed by atoms with Crippen LogP contribution in [-0.2, 0) is 14.3 Å². The maximum absolute atomic E-state index is 12.5. The zero-order chi connectivity index (χ0) is 19.6. The SMILES string of the molecule is COC(C)Nc1ccccc1/C=C/C(=O)N(CC=O)C(=O)c1ccccn1. The third kappa shape index (κ3) is 5.58. The van der Waals surface area contributed by atoms with Crippen LogP contribution in [0.15, 0.2) is 54.7 Å². The van der Waals surface area contributed by atoms with Crippen molar-refractivity contribution in [3.05, 3.63) is 66.0 Å². The number of methoxy groups -OCH3 is 1. The van der Waals surface area contributed by atoms with Crippen molar-refractivity contribution in [2.45, 2.75) is 13.2 Å². The molecule has 0 fully saturated rings. The van der Waals surface area contributed by atoms with E-state index in [2.05, 4.69) is 10.3 Å². The van der Waals surface area contributed by atoms with Crippen LogP contribution in [0.1, 0.15) is 23.0 Å². The van der Waals surface area contributed by atoms with Crippen LogP contribution < -0.4 is 5.32 Å². The third-order valence-corrected chi connectivity index (χ3v) is 3.73. The summed E-state index contributed by atoms with van der Waals surface area (Å²) in [4.78, 5) is 40.7. The Morgan fingerprint density at radius 1 is 1.22 bits per heavy atom. The summed E-state index contributed by atoms with van der Waals surface area (Å²) in [6.45, 7) is 1.50. The molecule has 1 aromatic heterocycles. The molecule has 0 radical (unpaired) electrons. The summed E-state index contributed by atoms with van der Waals surface area (Å²) in [5.74, 6) is -1.23. The van der Waals surface area contributed by atoms with E-state index in [1.165, 1.54) is 18.3 Å². The van der Waals surface area contributed by atoms with Gasteiger partial charge in [0, 0.05) is 25.1 Å². The van der Waals surface area contributed by atoms with Crippen molar-refractivity contribution < 1.29 is 19.1 Å². The molecule has 1 atom stereocenters. The minimum Gasteiger partial charge on any atom is -0.362 e. The molecule has 1 N–H and O–H groups in total. The van der Waals surface area contributed by atoms with Gasteiger partial charge in [-0.2, -0.15) is 0 Å². The summed E-state index contributed by atoms with van der Waals surface area (Å²) in [6, 6.07) is 12.1. The van der Waals surface area contributed by atoms with E-state index >= 15 is 0 Å². The molecule has 27 heavy (non-hydrogen) atoms. The highest BCUT2D eigenvalue weighted by Gasteiger charge is 2.21. The largest absolute Gasteiger partial charge is 0.362 e. The zero-order valence-electron chi connectivity index (χ0n) is 15.2. The summed E-state index contributed by atoms with van der Waals surface area (Å²) in [5, 5.41) is 3.16. The number of ether oxygens (including phenoxy) is 1. The Morgan fingerprint density at radius 2 is 1.96 bits per heavy atom. The van der Waals surface area contributed by atoms with E-state index in [9.17, 15) is 14.4 Å². The van der Waals surface area contributed by atoms with E-state index in [1.54, 1.807) is 25.3 Å². The lowest BCUT2D eigenvalue weighted by Gasteiger charge is -2.17. The smallest absolute Gasteiger partial charge is 0.279 e. The van der Waals surface area contributed by atoms with Gasteiger partial charge in [-0.15, -0.1) is 0 Å². The molecule has 1 aromatic carbocycles. The monoisotopic (exact) mass is 367 g/mol. The number of carbonyl (C=O) groups is 3. The number of aromatic nitrogens is 1. The fraction of sp³-hybridized carbons (Fsp3) is 0.200. The molecular weight excluding hydrogens is 346 g/mol. The average molecular weight is 367 g/mol. The Bertz CT molecular complexity index is 821. The summed E-state index contributed by atoms with van der Waals surface area (Å²) in [6.07, 6.45) is 4.57. The van der Waals surface area contributed by atoms with Crippen molar-refractivity contribution in [3.63, 3.8) is 0 Å². The normalized spacial score (nSPS) is 11.8. The number of carbonyl (C=O) groups excluding carboxylic acids is 3. The maximum atomic E-state index is 12.5. The molecule has 140 valence electrons. The van der Waals surface area contributed by atoms with Crippen LogP contribution in [0.5, 0.6) is 0 Å². The lowest BCUT2D eigenvalue weighted by Crippen LogP contribution is -2.37. The lowest BCUT2D eigenvalue weighted by molar-refractivity contribution is -0.125. The number of pyridine rings is 1. The van der Waals surface area contributed by atoms with Gasteiger partial charge in [-0.3, -0.25) is 19.5 Å². The first-order chi connectivity index (χ1) is 13.1. The molecule has 0 bridgehead atoms. The number of para-hydroxylation sites is 1. The minimum absolute atomic E-state index is 0.0945. The topological polar surface area (TPSA) is 88.6 Å². The van der Waals surface area contributed by atoms with Gasteiger partial charge in [-0.1, -0.05) is 24.3 Å². The van der Waals surface area contributed by atoms with E-state index in [0.29, 0.717) is 6.29 Å². The van der Waals surface area contributed by atoms with Gasteiger partial charge in [-0.25, -0.2) is 0 Å². The summed E-state index contributed by atoms with van der Waals surface area (Å²) >= 11 is 0. The number of anilines is 1. The van der Waals surface area contributed by atoms with Gasteiger partial charge in [-0.05, 0) is 36.8 Å². The second kappa shape index (κ2) is 9.98. The highest BCUT2D eigenvalue weighted by molar-refractivity contribution is 6.09. The first-order valence-corrected chi connectivity index (χ1v) is 8.33. The molecule has 0 aliphatic carbocycles. The Kier molecular flexibility index (Phi) is 7.39. The van der Waals surface area contributed by atoms with Crippen LogP contribution in [0.2, 0.25) is 0 Å². The van der Waals surface area contributed by atoms with Crippen molar-refractivity contribution in [1.29, 1.82) is 0 Å². The van der Waals surface area contributed by atoms with E-state index in [0.717, 1.165) is 16.2 Å². The molecule has 1 heterocycles. The number of nitrogens with one attached hydrogen (secondary N) is 1. The number of benzene rings is 1. The van der Waals surface area contributed by atoms with Gasteiger partial charge in [0.1, 0.15) is 18.2 Å². The molecule has 0 aliphatic rings. The van der Waals surface area contributed by atoms with Gasteiger partial charge in [0.2, 0.25) is 0 Å². The summed E-state index contributed by atoms with van der Waals surface area (Å²) < 4.78 is 5.18. The number of nitrogens with zero attached hydrogens (tertiary/aromatic N) is 2. The van der Waals surface area contributed by atoms with Gasteiger partial charge in [0.05, 0.1) is 6.54 Å². The van der Waals surface area contributed by atoms with E-state index < -0.39 is 11.8 Å². The number of rotatable bonds is 8. The fourth-order valence-electron chi connectivity index (χ4n) is 2.28. The standard InChI is InChI=1S/C20H21N3O4/c1-15(27-2)22-17-8-4-3-7-16(17)10-11-19(25)23(13-14-24)20(26)18-9-5-6-12-21-18/h3-12,14-15,22H,13H2,1-2H3/b11-10+. The number of hydrogen-bond donors (Lipinski definition) is 1. The van der Waals surface area contributed by atoms with Crippen LogP contribution in [-0.4, -0.2) is 47.9 Å². The van der Waals surface area contributed by atoms with Gasteiger partial charge < -0.3 is 14.8 Å². The Labute approximate surface area is 157 Å². The number of amides is 2. The maximum Gasteiger partial charge on any atom is 0.279 e. The van der Waals surface area contributed by atoms with E-state index in [-0.39, 0.29) is 18.5 Å². The first kappa shape index (κ1) is 20.0. The summed E-state index contributed by atoms with van der Waals surface area (Å²) in [5.41, 5.74) is 1.61. The predicted molar refractivity (Wildman–Crippen MR) is 102 cm³/mol. The second-order valence-corrected chi connectivity index (χ2v) is 5.58. The molecule has 7 nitrogen and oxygen atoms in total. The van der Waals surface area contributed by atoms with E-state index in [1.807, 2.05) is 31.2 Å². The van der Waals surface area contributed by atoms with Crippen LogP contribution in [0.3, 0.4) is 0 Å². The molecule has 2 rings (SSSR count). The Morgan fingerprint density at radius 3 is 2.63 bits per heavy atom. The quantitative estimate of drug-likeness (QED) is 0.438. The Hall–Kier alpha value is -3.32. The molecule has 2 aromatic rings. The molecular formula is C20H21N3O4. The van der Waals surface area contributed by atoms with Crippen molar-refractivity contribution in [3.8, 4) is 0 Å². The minimum atomic E-state index is -0.628. The predicted octanol–water partition coefficient (Wildman–Crippen LogP) is 2.37. The van der Waals surface area contributed by atoms with Crippen molar-refractivity contribution in [2.24, 2.45) is 0 Å². The second-order valence-electron chi connectivity index (χ2n) is 5.58. The molecule has 0 saturated carbocycles. The molecule has 0 spiro atoms. The van der Waals surface area contributed by atoms with Crippen molar-refractivity contribution >= 4 is 29.9 Å². The third-order valence-electron chi connectivity index (χ3n) is 3.73. The van der Waals surface area contributed by atoms with Gasteiger partial charge >= 0.3 is 0 Å². The highest BCUT2D eigenvalue weighted by Crippen LogP contribution is 2.18. The molecule has 7 heteroatoms. The van der Waals surface area contributed by atoms with Gasteiger partial charge in [0.25, 0.3) is 11.8 Å². The first-order valence-electron chi connectivity index (χ1n) is 8.33. The highest BCUT2D eigenvalue weighted by atomic mass is 16.5. The molecule has 1 unspecified atom stereocenters. The number of hydrogen-bond acceptors (Lipinski definition) is 6. The Balaban J connectivity index is 2.20. The van der Waals surface area contributed by atoms with E-state index in [4.69, 9.17) is 4.74 Å². The number of imide groups is 1. The molecule has 0 saturated heterocycles. The fourth-order valence-corrected chi connectivity index (χ4v) is 2.28. The molecule has 2 amide bonds. The van der Waals surface area contributed by atoms with Crippen LogP contribution in [0, 0.1) is 0 Å². The zero-order valence-corrected chi connectivity index (χ0v) is 15.2. The van der Waals surface area contributed by atoms with Crippen LogP contribution in [0.25, 0.3) is 6.08 Å².